The standard InChI is InChI=1S/C13H17N3O5S/c1-5-6-16-10(19)8(7-9(17)18)22-11(16)14-15-12(20)21-13(2,3)4/h5,7H,1,6H2,2-4H3,(H,15,20)(H,17,18). The fourth-order valence-corrected chi connectivity index (χ4v) is 2.30. The number of hydrogen-bond acceptors (Lipinski definition) is 6. The first-order valence-corrected chi connectivity index (χ1v) is 7.07. The van der Waals surface area contributed by atoms with Gasteiger partial charge in [-0.25, -0.2) is 15.0 Å². The summed E-state index contributed by atoms with van der Waals surface area (Å²) in [6.45, 7) is 8.75. The minimum atomic E-state index is -1.24. The van der Waals surface area contributed by atoms with Gasteiger partial charge in [0, 0.05) is 12.6 Å². The molecular formula is C13H17N3O5S. The Balaban J connectivity index is 2.89. The molecule has 22 heavy (non-hydrogen) atoms. The van der Waals surface area contributed by atoms with E-state index in [9.17, 15) is 14.4 Å². The van der Waals surface area contributed by atoms with Crippen LogP contribution in [-0.2, 0) is 14.3 Å². The minimum Gasteiger partial charge on any atom is -0.478 e. The van der Waals surface area contributed by atoms with Gasteiger partial charge in [0.05, 0.1) is 4.91 Å². The van der Waals surface area contributed by atoms with Gasteiger partial charge in [-0.3, -0.25) is 9.69 Å². The maximum Gasteiger partial charge on any atom is 0.428 e. The summed E-state index contributed by atoms with van der Waals surface area (Å²) in [7, 11) is 0. The molecule has 1 aliphatic rings. The monoisotopic (exact) mass is 327 g/mol. The van der Waals surface area contributed by atoms with E-state index in [1.807, 2.05) is 0 Å². The Morgan fingerprint density at radius 1 is 1.50 bits per heavy atom. The van der Waals surface area contributed by atoms with E-state index in [0.29, 0.717) is 0 Å². The van der Waals surface area contributed by atoms with E-state index in [1.165, 1.54) is 11.0 Å². The molecule has 1 rings (SSSR count). The molecule has 0 spiro atoms. The highest BCUT2D eigenvalue weighted by atomic mass is 32.2. The molecule has 1 fully saturated rings. The van der Waals surface area contributed by atoms with E-state index in [2.05, 4.69) is 17.1 Å². The van der Waals surface area contributed by atoms with Gasteiger partial charge in [-0.15, -0.1) is 11.7 Å². The molecule has 0 unspecified atom stereocenters. The number of ether oxygens (including phenoxy) is 1. The number of carbonyl (C=O) groups is 3. The van der Waals surface area contributed by atoms with Crippen molar-refractivity contribution in [2.24, 2.45) is 5.10 Å². The molecule has 0 radical (unpaired) electrons. The second-order valence-electron chi connectivity index (χ2n) is 5.16. The Bertz CT molecular complexity index is 563. The average Bonchev–Trinajstić information content (AvgIpc) is 2.63. The average molecular weight is 327 g/mol. The third-order valence-electron chi connectivity index (χ3n) is 2.10. The molecule has 9 heteroatoms. The highest BCUT2D eigenvalue weighted by molar-refractivity contribution is 8.18. The van der Waals surface area contributed by atoms with E-state index in [1.54, 1.807) is 20.8 Å². The van der Waals surface area contributed by atoms with Crippen molar-refractivity contribution in [3.05, 3.63) is 23.6 Å². The van der Waals surface area contributed by atoms with Crippen molar-refractivity contribution in [2.75, 3.05) is 6.54 Å². The highest BCUT2D eigenvalue weighted by Gasteiger charge is 2.33. The van der Waals surface area contributed by atoms with Crippen LogP contribution in [0.15, 0.2) is 28.7 Å². The molecule has 1 heterocycles. The van der Waals surface area contributed by atoms with Crippen LogP contribution in [0.3, 0.4) is 0 Å². The van der Waals surface area contributed by atoms with Gasteiger partial charge in [0.2, 0.25) is 0 Å². The number of carbonyl (C=O) groups excluding carboxylic acids is 2. The summed E-state index contributed by atoms with van der Waals surface area (Å²) in [5.74, 6) is -1.76. The molecule has 120 valence electrons. The number of thioether (sulfide) groups is 1. The maximum absolute atomic E-state index is 12.0. The van der Waals surface area contributed by atoms with E-state index in [-0.39, 0.29) is 16.6 Å². The summed E-state index contributed by atoms with van der Waals surface area (Å²) in [6, 6.07) is 0. The Morgan fingerprint density at radius 3 is 2.64 bits per heavy atom. The Hall–Kier alpha value is -2.29. The molecular weight excluding hydrogens is 310 g/mol. The van der Waals surface area contributed by atoms with Gasteiger partial charge in [0.25, 0.3) is 5.91 Å². The quantitative estimate of drug-likeness (QED) is 0.460. The number of amidine groups is 1. The lowest BCUT2D eigenvalue weighted by Gasteiger charge is -2.19. The number of carboxylic acid groups (broad SMARTS) is 1. The second-order valence-corrected chi connectivity index (χ2v) is 6.17. The van der Waals surface area contributed by atoms with Gasteiger partial charge in [-0.2, -0.15) is 0 Å². The molecule has 0 aromatic rings. The smallest absolute Gasteiger partial charge is 0.428 e. The summed E-state index contributed by atoms with van der Waals surface area (Å²) in [5, 5.41) is 12.7. The predicted molar refractivity (Wildman–Crippen MR) is 82.0 cm³/mol. The van der Waals surface area contributed by atoms with E-state index in [4.69, 9.17) is 9.84 Å². The third kappa shape index (κ3) is 5.24. The first-order chi connectivity index (χ1) is 10.1. The van der Waals surface area contributed by atoms with Crippen LogP contribution in [0.25, 0.3) is 0 Å². The lowest BCUT2D eigenvalue weighted by molar-refractivity contribution is -0.132. The van der Waals surface area contributed by atoms with Gasteiger partial charge in [0.1, 0.15) is 5.60 Å². The Labute approximate surface area is 131 Å². The molecule has 2 amide bonds. The molecule has 0 aliphatic carbocycles. The van der Waals surface area contributed by atoms with Crippen LogP contribution < -0.4 is 5.43 Å². The Kier molecular flexibility index (Phi) is 5.75. The first kappa shape index (κ1) is 17.8. The van der Waals surface area contributed by atoms with Crippen molar-refractivity contribution in [1.29, 1.82) is 0 Å². The SMILES string of the molecule is C=CCN1C(=O)C(=CC(=O)O)SC1=NNC(=O)OC(C)(C)C. The summed E-state index contributed by atoms with van der Waals surface area (Å²) in [4.78, 5) is 35.4. The second kappa shape index (κ2) is 7.12. The number of hydrogen-bond donors (Lipinski definition) is 2. The molecule has 0 aromatic heterocycles. The van der Waals surface area contributed by atoms with Gasteiger partial charge in [0.15, 0.2) is 5.17 Å². The predicted octanol–water partition coefficient (Wildman–Crippen LogP) is 1.51. The highest BCUT2D eigenvalue weighted by Crippen LogP contribution is 2.30. The number of amides is 2. The van der Waals surface area contributed by atoms with E-state index in [0.717, 1.165) is 17.8 Å². The third-order valence-corrected chi connectivity index (χ3v) is 3.10. The molecule has 1 saturated heterocycles. The lowest BCUT2D eigenvalue weighted by atomic mass is 10.2. The van der Waals surface area contributed by atoms with Crippen LogP contribution >= 0.6 is 11.8 Å². The molecule has 0 bridgehead atoms. The topological polar surface area (TPSA) is 108 Å². The summed E-state index contributed by atoms with van der Waals surface area (Å²) >= 11 is 0.844. The van der Waals surface area contributed by atoms with Crippen LogP contribution in [0.2, 0.25) is 0 Å². The molecule has 2 N–H and O–H groups in total. The van der Waals surface area contributed by atoms with Gasteiger partial charge in [-0.1, -0.05) is 6.08 Å². The van der Waals surface area contributed by atoms with Crippen LogP contribution in [0.1, 0.15) is 20.8 Å². The summed E-state index contributed by atoms with van der Waals surface area (Å²) in [5.41, 5.74) is 1.48. The van der Waals surface area contributed by atoms with Crippen molar-refractivity contribution < 1.29 is 24.2 Å². The fraction of sp³-hybridized carbons (Fsp3) is 0.385. The van der Waals surface area contributed by atoms with Gasteiger partial charge >= 0.3 is 12.1 Å². The lowest BCUT2D eigenvalue weighted by Crippen LogP contribution is -2.33. The van der Waals surface area contributed by atoms with Crippen molar-refractivity contribution in [2.45, 2.75) is 26.4 Å². The number of hydrazone groups is 1. The molecule has 8 nitrogen and oxygen atoms in total. The first-order valence-electron chi connectivity index (χ1n) is 6.26. The van der Waals surface area contributed by atoms with Crippen molar-refractivity contribution in [1.82, 2.24) is 10.3 Å². The number of nitrogens with one attached hydrogen (secondary N) is 1. The van der Waals surface area contributed by atoms with Crippen LogP contribution in [0, 0.1) is 0 Å². The summed E-state index contributed by atoms with van der Waals surface area (Å²) in [6.07, 6.45) is 1.48. The van der Waals surface area contributed by atoms with Crippen molar-refractivity contribution in [3.8, 4) is 0 Å². The van der Waals surface area contributed by atoms with E-state index < -0.39 is 23.6 Å². The Morgan fingerprint density at radius 2 is 2.14 bits per heavy atom. The van der Waals surface area contributed by atoms with Crippen LogP contribution in [-0.4, -0.2) is 45.3 Å². The number of aliphatic carboxylic acids is 1. The normalized spacial score (nSPS) is 18.7. The van der Waals surface area contributed by atoms with Gasteiger partial charge < -0.3 is 9.84 Å². The summed E-state index contributed by atoms with van der Waals surface area (Å²) < 4.78 is 5.01. The number of nitrogens with zero attached hydrogens (tertiary/aromatic N) is 2. The zero-order valence-electron chi connectivity index (χ0n) is 12.5. The van der Waals surface area contributed by atoms with E-state index >= 15 is 0 Å². The maximum atomic E-state index is 12.0. The molecule has 0 saturated carbocycles. The zero-order valence-corrected chi connectivity index (χ0v) is 13.3. The minimum absolute atomic E-state index is 0.000844. The van der Waals surface area contributed by atoms with Gasteiger partial charge in [-0.05, 0) is 32.5 Å². The zero-order chi connectivity index (χ0) is 16.9. The largest absolute Gasteiger partial charge is 0.478 e. The molecule has 1 aliphatic heterocycles. The van der Waals surface area contributed by atoms with Crippen LogP contribution in [0.5, 0.6) is 0 Å². The molecule has 0 aromatic carbocycles. The number of rotatable bonds is 4. The van der Waals surface area contributed by atoms with Crippen molar-refractivity contribution >= 4 is 34.9 Å². The number of carboxylic acids is 1. The fourth-order valence-electron chi connectivity index (χ4n) is 1.39. The van der Waals surface area contributed by atoms with Crippen LogP contribution in [0.4, 0.5) is 4.79 Å². The molecule has 0 atom stereocenters. The van der Waals surface area contributed by atoms with Crippen molar-refractivity contribution in [3.63, 3.8) is 0 Å².